The molecule has 0 rings (SSSR count). The van der Waals surface area contributed by atoms with Crippen molar-refractivity contribution >= 4 is 0 Å². The summed E-state index contributed by atoms with van der Waals surface area (Å²) in [6.45, 7) is 6.26. The van der Waals surface area contributed by atoms with Crippen molar-refractivity contribution in [1.82, 2.24) is 4.90 Å². The van der Waals surface area contributed by atoms with Crippen molar-refractivity contribution in [3.63, 3.8) is 0 Å². The number of hydrogen-bond acceptors (Lipinski definition) is 4. The first-order valence-corrected chi connectivity index (χ1v) is 18.4. The van der Waals surface area contributed by atoms with Crippen LogP contribution >= 0.6 is 0 Å². The quantitative estimate of drug-likeness (QED) is 0.0737. The van der Waals surface area contributed by atoms with Gasteiger partial charge in [0.25, 0.3) is 0 Å². The van der Waals surface area contributed by atoms with E-state index in [0.29, 0.717) is 13.2 Å². The molecule has 0 saturated carbocycles. The third kappa shape index (κ3) is 34.0. The molecule has 0 spiro atoms. The van der Waals surface area contributed by atoms with E-state index in [1.807, 2.05) is 0 Å². The Hall–Kier alpha value is -0.160. The van der Waals surface area contributed by atoms with Crippen molar-refractivity contribution in [3.05, 3.63) is 0 Å². The van der Waals surface area contributed by atoms with Crippen molar-refractivity contribution in [1.29, 1.82) is 0 Å². The molecule has 2 N–H and O–H groups in total. The van der Waals surface area contributed by atoms with E-state index in [1.165, 1.54) is 180 Å². The number of rotatable bonds is 36. The van der Waals surface area contributed by atoms with Gasteiger partial charge in [0, 0.05) is 13.1 Å². The molecule has 0 radical (unpaired) electrons. The van der Waals surface area contributed by atoms with E-state index in [0.717, 1.165) is 19.6 Å². The molecule has 0 fully saturated rings. The number of unbranched alkanes of at least 4 members (excludes halogenated alkanes) is 27. The molecule has 0 aliphatic heterocycles. The molecular formula is C36H75NO3. The molecular weight excluding hydrogens is 494 g/mol. The second-order valence-electron chi connectivity index (χ2n) is 12.4. The highest BCUT2D eigenvalue weighted by Crippen LogP contribution is 2.16. The number of aliphatic hydroxyl groups is 2. The molecule has 0 unspecified atom stereocenters. The lowest BCUT2D eigenvalue weighted by Gasteiger charge is -2.21. The van der Waals surface area contributed by atoms with Gasteiger partial charge in [-0.1, -0.05) is 180 Å². The van der Waals surface area contributed by atoms with Crippen LogP contribution in [0.25, 0.3) is 0 Å². The lowest BCUT2D eigenvalue weighted by molar-refractivity contribution is 0.0689. The van der Waals surface area contributed by atoms with Gasteiger partial charge < -0.3 is 14.9 Å². The second kappa shape index (κ2) is 36.9. The first kappa shape index (κ1) is 39.8. The molecule has 0 heterocycles. The monoisotopic (exact) mass is 570 g/mol. The molecule has 0 bridgehead atoms. The summed E-state index contributed by atoms with van der Waals surface area (Å²) in [5.74, 6) is 0. The van der Waals surface area contributed by atoms with E-state index in [-0.39, 0.29) is 13.2 Å². The first-order valence-electron chi connectivity index (χ1n) is 18.4. The number of ether oxygens (including phenoxy) is 1. The topological polar surface area (TPSA) is 52.9 Å². The SMILES string of the molecule is CCCCCCCCCCCCCCCCCCCCCCCCCCCCCCN(CCO)CCOCCO. The second-order valence-corrected chi connectivity index (χ2v) is 12.4. The van der Waals surface area contributed by atoms with Gasteiger partial charge in [-0.25, -0.2) is 0 Å². The summed E-state index contributed by atoms with van der Waals surface area (Å²) in [5, 5.41) is 18.0. The van der Waals surface area contributed by atoms with Gasteiger partial charge in [0.2, 0.25) is 0 Å². The van der Waals surface area contributed by atoms with Crippen LogP contribution in [0.4, 0.5) is 0 Å². The Morgan fingerprint density at radius 1 is 0.350 bits per heavy atom. The van der Waals surface area contributed by atoms with E-state index >= 15 is 0 Å². The Morgan fingerprint density at radius 2 is 0.675 bits per heavy atom. The van der Waals surface area contributed by atoms with Gasteiger partial charge >= 0.3 is 0 Å². The summed E-state index contributed by atoms with van der Waals surface area (Å²) in [4.78, 5) is 2.28. The molecule has 40 heavy (non-hydrogen) atoms. The minimum atomic E-state index is 0.0829. The lowest BCUT2D eigenvalue weighted by Crippen LogP contribution is -2.31. The highest BCUT2D eigenvalue weighted by atomic mass is 16.5. The van der Waals surface area contributed by atoms with E-state index in [9.17, 15) is 5.11 Å². The fraction of sp³-hybridized carbons (Fsp3) is 1.00. The van der Waals surface area contributed by atoms with E-state index in [2.05, 4.69) is 11.8 Å². The van der Waals surface area contributed by atoms with Crippen molar-refractivity contribution in [3.8, 4) is 0 Å². The van der Waals surface area contributed by atoms with E-state index in [1.54, 1.807) is 0 Å². The van der Waals surface area contributed by atoms with Gasteiger partial charge in [-0.05, 0) is 13.0 Å². The number of hydrogen-bond donors (Lipinski definition) is 2. The zero-order valence-corrected chi connectivity index (χ0v) is 27.5. The maximum absolute atomic E-state index is 9.22. The maximum atomic E-state index is 9.22. The molecule has 0 aliphatic rings. The van der Waals surface area contributed by atoms with Crippen LogP contribution in [0.3, 0.4) is 0 Å². The third-order valence-electron chi connectivity index (χ3n) is 8.53. The molecule has 0 amide bonds. The predicted octanol–water partition coefficient (Wildman–Crippen LogP) is 10.2. The standard InChI is InChI=1S/C36H75NO3/c1-2-3-4-5-6-7-8-9-10-11-12-13-14-15-16-17-18-19-20-21-22-23-24-25-26-27-28-29-30-37(31-33-38)32-35-40-36-34-39/h38-39H,2-36H2,1H3. The van der Waals surface area contributed by atoms with Crippen LogP contribution in [-0.2, 0) is 4.74 Å². The van der Waals surface area contributed by atoms with Crippen LogP contribution in [0, 0.1) is 0 Å². The van der Waals surface area contributed by atoms with Crippen molar-refractivity contribution < 1.29 is 14.9 Å². The molecule has 4 nitrogen and oxygen atoms in total. The highest BCUT2D eigenvalue weighted by molar-refractivity contribution is 4.58. The fourth-order valence-electron chi connectivity index (χ4n) is 5.84. The zero-order chi connectivity index (χ0) is 29.0. The normalized spacial score (nSPS) is 11.7. The fourth-order valence-corrected chi connectivity index (χ4v) is 5.84. The van der Waals surface area contributed by atoms with E-state index < -0.39 is 0 Å². The van der Waals surface area contributed by atoms with E-state index in [4.69, 9.17) is 9.84 Å². The number of nitrogens with zero attached hydrogens (tertiary/aromatic N) is 1. The molecule has 0 saturated heterocycles. The van der Waals surface area contributed by atoms with Gasteiger partial charge in [0.15, 0.2) is 0 Å². The Labute approximate surface area is 252 Å². The molecule has 242 valence electrons. The molecule has 0 aliphatic carbocycles. The molecule has 0 atom stereocenters. The molecule has 4 heteroatoms. The van der Waals surface area contributed by atoms with Gasteiger partial charge in [-0.3, -0.25) is 4.90 Å². The molecule has 0 aromatic rings. The average Bonchev–Trinajstić information content (AvgIpc) is 2.96. The van der Waals surface area contributed by atoms with Gasteiger partial charge in [0.1, 0.15) is 0 Å². The summed E-state index contributed by atoms with van der Waals surface area (Å²) in [5.41, 5.74) is 0. The predicted molar refractivity (Wildman–Crippen MR) is 176 cm³/mol. The summed E-state index contributed by atoms with van der Waals surface area (Å²) in [7, 11) is 0. The first-order chi connectivity index (χ1) is 19.8. The molecule has 0 aromatic heterocycles. The average molecular weight is 570 g/mol. The zero-order valence-electron chi connectivity index (χ0n) is 27.5. The van der Waals surface area contributed by atoms with Crippen LogP contribution in [-0.4, -0.2) is 61.2 Å². The summed E-state index contributed by atoms with van der Waals surface area (Å²) in [6, 6.07) is 0. The highest BCUT2D eigenvalue weighted by Gasteiger charge is 2.04. The Bertz CT molecular complexity index is 434. The number of aliphatic hydroxyl groups excluding tert-OH is 2. The van der Waals surface area contributed by atoms with Gasteiger partial charge in [-0.2, -0.15) is 0 Å². The molecule has 0 aromatic carbocycles. The Morgan fingerprint density at radius 3 is 0.975 bits per heavy atom. The minimum Gasteiger partial charge on any atom is -0.395 e. The van der Waals surface area contributed by atoms with Crippen LogP contribution in [0.2, 0.25) is 0 Å². The van der Waals surface area contributed by atoms with Gasteiger partial charge in [0.05, 0.1) is 26.4 Å². The van der Waals surface area contributed by atoms with Crippen molar-refractivity contribution in [2.24, 2.45) is 0 Å². The van der Waals surface area contributed by atoms with Crippen LogP contribution in [0.5, 0.6) is 0 Å². The summed E-state index contributed by atoms with van der Waals surface area (Å²) >= 11 is 0. The Balaban J connectivity index is 3.17. The van der Waals surface area contributed by atoms with Crippen LogP contribution in [0.1, 0.15) is 187 Å². The summed E-state index contributed by atoms with van der Waals surface area (Å²) in [6.07, 6.45) is 40.1. The largest absolute Gasteiger partial charge is 0.395 e. The minimum absolute atomic E-state index is 0.0829. The lowest BCUT2D eigenvalue weighted by atomic mass is 10.0. The van der Waals surface area contributed by atoms with Gasteiger partial charge in [-0.15, -0.1) is 0 Å². The maximum Gasteiger partial charge on any atom is 0.0698 e. The smallest absolute Gasteiger partial charge is 0.0698 e. The van der Waals surface area contributed by atoms with Crippen molar-refractivity contribution in [2.45, 2.75) is 187 Å². The third-order valence-corrected chi connectivity index (χ3v) is 8.53. The van der Waals surface area contributed by atoms with Crippen LogP contribution < -0.4 is 0 Å². The van der Waals surface area contributed by atoms with Crippen molar-refractivity contribution in [2.75, 3.05) is 46.1 Å². The summed E-state index contributed by atoms with van der Waals surface area (Å²) < 4.78 is 5.35. The van der Waals surface area contributed by atoms with Crippen LogP contribution in [0.15, 0.2) is 0 Å². The Kier molecular flexibility index (Phi) is 36.7.